The zero-order valence-electron chi connectivity index (χ0n) is 17.7. The Labute approximate surface area is 181 Å². The van der Waals surface area contributed by atoms with Crippen LogP contribution in [0.5, 0.6) is 0 Å². The standard InChI is InChI=1S/C25H27N3O3/c1-17-5-4-6-18(13-17)14-24(30)28-11-9-19(16-28)23-15-21(25(31)26-10-12-29)20-7-2-3-8-22(20)27-23/h2-8,13,15,19,29H,9-12,14,16H2,1H3,(H,26,31). The number of likely N-dealkylation sites (tertiary alicyclic amines) is 1. The zero-order valence-corrected chi connectivity index (χ0v) is 17.7. The molecule has 0 radical (unpaired) electrons. The molecule has 1 aliphatic rings. The number of aryl methyl sites for hydroxylation is 1. The first-order chi connectivity index (χ1) is 15.0. The van der Waals surface area contributed by atoms with E-state index in [1.807, 2.05) is 66.4 Å². The fraction of sp³-hybridized carbons (Fsp3) is 0.320. The SMILES string of the molecule is Cc1cccc(CC(=O)N2CCC(c3cc(C(=O)NCCO)c4ccccc4n3)C2)c1. The Balaban J connectivity index is 1.54. The molecular formula is C25H27N3O3. The van der Waals surface area contributed by atoms with Crippen LogP contribution in [0, 0.1) is 6.92 Å². The number of pyridine rings is 1. The molecule has 0 bridgehead atoms. The van der Waals surface area contributed by atoms with Crippen LogP contribution in [0.15, 0.2) is 54.6 Å². The van der Waals surface area contributed by atoms with Crippen molar-refractivity contribution in [1.29, 1.82) is 0 Å². The topological polar surface area (TPSA) is 82.5 Å². The van der Waals surface area contributed by atoms with Crippen LogP contribution in [-0.2, 0) is 11.2 Å². The number of para-hydroxylation sites is 1. The van der Waals surface area contributed by atoms with E-state index in [0.29, 0.717) is 25.1 Å². The van der Waals surface area contributed by atoms with E-state index in [2.05, 4.69) is 5.32 Å². The minimum Gasteiger partial charge on any atom is -0.395 e. The largest absolute Gasteiger partial charge is 0.395 e. The molecule has 1 unspecified atom stereocenters. The molecule has 160 valence electrons. The second kappa shape index (κ2) is 9.27. The van der Waals surface area contributed by atoms with Crippen molar-refractivity contribution in [1.82, 2.24) is 15.2 Å². The summed E-state index contributed by atoms with van der Waals surface area (Å²) in [5.74, 6) is -0.00969. The molecule has 0 saturated carbocycles. The molecule has 0 spiro atoms. The summed E-state index contributed by atoms with van der Waals surface area (Å²) in [5.41, 5.74) is 4.33. The Morgan fingerprint density at radius 3 is 2.81 bits per heavy atom. The van der Waals surface area contributed by atoms with Gasteiger partial charge < -0.3 is 15.3 Å². The highest BCUT2D eigenvalue weighted by Crippen LogP contribution is 2.29. The number of nitrogens with one attached hydrogen (secondary N) is 1. The van der Waals surface area contributed by atoms with Gasteiger partial charge in [0.1, 0.15) is 0 Å². The minimum absolute atomic E-state index is 0.0930. The predicted octanol–water partition coefficient (Wildman–Crippen LogP) is 2.82. The molecule has 1 aromatic heterocycles. The van der Waals surface area contributed by atoms with Crippen LogP contribution < -0.4 is 5.32 Å². The maximum Gasteiger partial charge on any atom is 0.252 e. The van der Waals surface area contributed by atoms with Gasteiger partial charge >= 0.3 is 0 Å². The number of nitrogens with zero attached hydrogens (tertiary/aromatic N) is 2. The predicted molar refractivity (Wildman–Crippen MR) is 120 cm³/mol. The fourth-order valence-electron chi connectivity index (χ4n) is 4.19. The van der Waals surface area contributed by atoms with Crippen LogP contribution in [0.1, 0.15) is 39.5 Å². The first kappa shape index (κ1) is 21.0. The summed E-state index contributed by atoms with van der Waals surface area (Å²) in [6.07, 6.45) is 1.22. The number of aliphatic hydroxyl groups excluding tert-OH is 1. The number of amides is 2. The Morgan fingerprint density at radius 1 is 1.16 bits per heavy atom. The third-order valence-electron chi connectivity index (χ3n) is 5.78. The van der Waals surface area contributed by atoms with Gasteiger partial charge in [0.15, 0.2) is 0 Å². The number of carbonyl (C=O) groups excluding carboxylic acids is 2. The average molecular weight is 418 g/mol. The molecule has 6 heteroatoms. The third kappa shape index (κ3) is 4.75. The summed E-state index contributed by atoms with van der Waals surface area (Å²) >= 11 is 0. The van der Waals surface area contributed by atoms with Gasteiger partial charge in [-0.2, -0.15) is 0 Å². The first-order valence-corrected chi connectivity index (χ1v) is 10.7. The van der Waals surface area contributed by atoms with Crippen molar-refractivity contribution < 1.29 is 14.7 Å². The van der Waals surface area contributed by atoms with Gasteiger partial charge in [-0.1, -0.05) is 48.0 Å². The summed E-state index contributed by atoms with van der Waals surface area (Å²) in [7, 11) is 0. The number of hydrogen-bond donors (Lipinski definition) is 2. The van der Waals surface area contributed by atoms with Crippen molar-refractivity contribution >= 4 is 22.7 Å². The van der Waals surface area contributed by atoms with E-state index in [1.54, 1.807) is 0 Å². The Hall–Kier alpha value is -3.25. The summed E-state index contributed by atoms with van der Waals surface area (Å²) in [5, 5.41) is 12.6. The maximum atomic E-state index is 12.8. The van der Waals surface area contributed by atoms with Gasteiger partial charge in [0.05, 0.1) is 24.1 Å². The van der Waals surface area contributed by atoms with E-state index in [9.17, 15) is 9.59 Å². The summed E-state index contributed by atoms with van der Waals surface area (Å²) in [4.78, 5) is 32.2. The van der Waals surface area contributed by atoms with Crippen LogP contribution in [0.25, 0.3) is 10.9 Å². The lowest BCUT2D eigenvalue weighted by atomic mass is 9.99. The average Bonchev–Trinajstić information content (AvgIpc) is 3.27. The fourth-order valence-corrected chi connectivity index (χ4v) is 4.19. The number of hydrogen-bond acceptors (Lipinski definition) is 4. The highest BCUT2D eigenvalue weighted by molar-refractivity contribution is 6.06. The lowest BCUT2D eigenvalue weighted by Gasteiger charge is -2.17. The molecule has 1 atom stereocenters. The van der Waals surface area contributed by atoms with Crippen molar-refractivity contribution in [3.63, 3.8) is 0 Å². The van der Waals surface area contributed by atoms with Gasteiger partial charge in [-0.25, -0.2) is 0 Å². The highest BCUT2D eigenvalue weighted by Gasteiger charge is 2.29. The van der Waals surface area contributed by atoms with Crippen molar-refractivity contribution in [3.05, 3.63) is 77.0 Å². The molecule has 2 heterocycles. The van der Waals surface area contributed by atoms with E-state index in [0.717, 1.165) is 34.1 Å². The summed E-state index contributed by atoms with van der Waals surface area (Å²) in [6.45, 7) is 3.42. The molecule has 0 aliphatic carbocycles. The zero-order chi connectivity index (χ0) is 21.8. The minimum atomic E-state index is -0.223. The third-order valence-corrected chi connectivity index (χ3v) is 5.78. The number of carbonyl (C=O) groups is 2. The van der Waals surface area contributed by atoms with Crippen LogP contribution in [-0.4, -0.2) is 53.0 Å². The van der Waals surface area contributed by atoms with Crippen molar-refractivity contribution in [2.24, 2.45) is 0 Å². The van der Waals surface area contributed by atoms with E-state index < -0.39 is 0 Å². The number of aromatic nitrogens is 1. The summed E-state index contributed by atoms with van der Waals surface area (Å²) in [6, 6.07) is 17.5. The molecule has 6 nitrogen and oxygen atoms in total. The van der Waals surface area contributed by atoms with Crippen LogP contribution in [0.3, 0.4) is 0 Å². The van der Waals surface area contributed by atoms with Gasteiger partial charge in [0, 0.05) is 36.6 Å². The lowest BCUT2D eigenvalue weighted by molar-refractivity contribution is -0.129. The van der Waals surface area contributed by atoms with Crippen LogP contribution in [0.4, 0.5) is 0 Å². The quantitative estimate of drug-likeness (QED) is 0.646. The van der Waals surface area contributed by atoms with Gasteiger partial charge in [0.25, 0.3) is 5.91 Å². The monoisotopic (exact) mass is 417 g/mol. The number of aliphatic hydroxyl groups is 1. The van der Waals surface area contributed by atoms with Gasteiger partial charge in [-0.05, 0) is 31.0 Å². The Morgan fingerprint density at radius 2 is 2.00 bits per heavy atom. The smallest absolute Gasteiger partial charge is 0.252 e. The van der Waals surface area contributed by atoms with Gasteiger partial charge in [-0.15, -0.1) is 0 Å². The van der Waals surface area contributed by atoms with E-state index in [-0.39, 0.29) is 30.9 Å². The Kier molecular flexibility index (Phi) is 6.28. The van der Waals surface area contributed by atoms with Crippen molar-refractivity contribution in [3.8, 4) is 0 Å². The molecule has 2 amide bonds. The van der Waals surface area contributed by atoms with E-state index in [1.165, 1.54) is 0 Å². The molecule has 2 N–H and O–H groups in total. The van der Waals surface area contributed by atoms with Gasteiger partial charge in [-0.3, -0.25) is 14.6 Å². The van der Waals surface area contributed by atoms with Gasteiger partial charge in [0.2, 0.25) is 5.91 Å². The number of benzene rings is 2. The molecular weight excluding hydrogens is 390 g/mol. The lowest BCUT2D eigenvalue weighted by Crippen LogP contribution is -2.30. The second-order valence-corrected chi connectivity index (χ2v) is 8.08. The highest BCUT2D eigenvalue weighted by atomic mass is 16.3. The molecule has 1 aliphatic heterocycles. The van der Waals surface area contributed by atoms with E-state index >= 15 is 0 Å². The molecule has 31 heavy (non-hydrogen) atoms. The van der Waals surface area contributed by atoms with Crippen molar-refractivity contribution in [2.75, 3.05) is 26.2 Å². The molecule has 3 aromatic rings. The Bertz CT molecular complexity index is 1110. The first-order valence-electron chi connectivity index (χ1n) is 10.7. The van der Waals surface area contributed by atoms with Crippen LogP contribution >= 0.6 is 0 Å². The molecule has 2 aromatic carbocycles. The van der Waals surface area contributed by atoms with Crippen molar-refractivity contribution in [2.45, 2.75) is 25.7 Å². The molecule has 1 fully saturated rings. The molecule has 1 saturated heterocycles. The second-order valence-electron chi connectivity index (χ2n) is 8.08. The number of rotatable bonds is 6. The summed E-state index contributed by atoms with van der Waals surface area (Å²) < 4.78 is 0. The van der Waals surface area contributed by atoms with E-state index in [4.69, 9.17) is 10.1 Å². The molecule has 4 rings (SSSR count). The van der Waals surface area contributed by atoms with Crippen LogP contribution in [0.2, 0.25) is 0 Å². The number of fused-ring (bicyclic) bond motifs is 1. The normalized spacial score (nSPS) is 15.9. The maximum absolute atomic E-state index is 12.8.